The summed E-state index contributed by atoms with van der Waals surface area (Å²) in [5.41, 5.74) is -0.441. The number of oxazole rings is 1. The van der Waals surface area contributed by atoms with Gasteiger partial charge < -0.3 is 9.73 Å². The fourth-order valence-electron chi connectivity index (χ4n) is 2.09. The molecule has 0 spiro atoms. The van der Waals surface area contributed by atoms with Gasteiger partial charge >= 0.3 is 0 Å². The second-order valence-corrected chi connectivity index (χ2v) is 4.83. The molecular weight excluding hydrogens is 334 g/mol. The molecule has 0 aliphatic rings. The van der Waals surface area contributed by atoms with Gasteiger partial charge in [0.2, 0.25) is 17.5 Å². The first-order chi connectivity index (χ1) is 12.0. The minimum atomic E-state index is -0.882. The van der Waals surface area contributed by atoms with Gasteiger partial charge in [0.15, 0.2) is 0 Å². The van der Waals surface area contributed by atoms with Crippen LogP contribution in [0.4, 0.5) is 26.0 Å². The number of rotatable bonds is 4. The maximum Gasteiger partial charge on any atom is 0.269 e. The van der Waals surface area contributed by atoms with Crippen molar-refractivity contribution >= 4 is 17.3 Å². The molecule has 0 radical (unpaired) electrons. The normalized spacial score (nSPS) is 10.3. The van der Waals surface area contributed by atoms with E-state index in [9.17, 15) is 18.9 Å². The average Bonchev–Trinajstić information content (AvgIpc) is 2.97. The number of hydrogen-bond acceptors (Lipinski definition) is 6. The van der Waals surface area contributed by atoms with Gasteiger partial charge in [-0.3, -0.25) is 10.1 Å². The molecule has 3 aromatic rings. The number of nitro benzene ring substituents is 1. The van der Waals surface area contributed by atoms with Crippen LogP contribution in [0.2, 0.25) is 0 Å². The molecule has 9 heteroatoms. The Bertz CT molecular complexity index is 973. The predicted molar refractivity (Wildman–Crippen MR) is 82.9 cm³/mol. The lowest BCUT2D eigenvalue weighted by Gasteiger charge is -2.02. The zero-order valence-corrected chi connectivity index (χ0v) is 12.4. The molecule has 0 amide bonds. The summed E-state index contributed by atoms with van der Waals surface area (Å²) in [7, 11) is 0. The lowest BCUT2D eigenvalue weighted by molar-refractivity contribution is -0.384. The summed E-state index contributed by atoms with van der Waals surface area (Å²) in [4.78, 5) is 13.9. The van der Waals surface area contributed by atoms with E-state index in [-0.39, 0.29) is 17.3 Å². The van der Waals surface area contributed by atoms with E-state index in [4.69, 9.17) is 9.68 Å². The Morgan fingerprint density at radius 2 is 1.80 bits per heavy atom. The summed E-state index contributed by atoms with van der Waals surface area (Å²) in [6.45, 7) is 0. The summed E-state index contributed by atoms with van der Waals surface area (Å²) < 4.78 is 32.9. The molecule has 0 aliphatic heterocycles. The Kier molecular flexibility index (Phi) is 4.09. The third kappa shape index (κ3) is 3.13. The predicted octanol–water partition coefficient (Wildman–Crippen LogP) is 4.14. The average molecular weight is 342 g/mol. The van der Waals surface area contributed by atoms with Crippen LogP contribution in [-0.4, -0.2) is 9.91 Å². The molecule has 0 atom stereocenters. The van der Waals surface area contributed by atoms with E-state index in [1.54, 1.807) is 6.07 Å². The maximum atomic E-state index is 13.8. The second-order valence-electron chi connectivity index (χ2n) is 4.83. The van der Waals surface area contributed by atoms with Gasteiger partial charge in [-0.25, -0.2) is 8.78 Å². The third-order valence-electron chi connectivity index (χ3n) is 3.25. The molecule has 0 aliphatic carbocycles. The van der Waals surface area contributed by atoms with Crippen molar-refractivity contribution in [2.45, 2.75) is 0 Å². The summed E-state index contributed by atoms with van der Waals surface area (Å²) in [6.07, 6.45) is 0. The van der Waals surface area contributed by atoms with Crippen LogP contribution in [-0.2, 0) is 0 Å². The Morgan fingerprint density at radius 3 is 2.36 bits per heavy atom. The highest BCUT2D eigenvalue weighted by atomic mass is 19.1. The second kappa shape index (κ2) is 6.37. The van der Waals surface area contributed by atoms with E-state index in [1.165, 1.54) is 30.3 Å². The van der Waals surface area contributed by atoms with Crippen molar-refractivity contribution in [1.82, 2.24) is 4.98 Å². The number of nitriles is 1. The van der Waals surface area contributed by atoms with Crippen molar-refractivity contribution in [2.75, 3.05) is 5.32 Å². The van der Waals surface area contributed by atoms with Gasteiger partial charge in [-0.1, -0.05) is 6.07 Å². The molecule has 0 bridgehead atoms. The van der Waals surface area contributed by atoms with Crippen LogP contribution in [0.1, 0.15) is 5.69 Å². The van der Waals surface area contributed by atoms with E-state index < -0.39 is 28.0 Å². The van der Waals surface area contributed by atoms with Crippen molar-refractivity contribution in [3.8, 4) is 17.5 Å². The number of nitrogens with zero attached hydrogens (tertiary/aromatic N) is 3. The first-order valence-corrected chi connectivity index (χ1v) is 6.86. The number of non-ortho nitro benzene ring substituents is 1. The number of anilines is 2. The molecule has 1 aromatic heterocycles. The van der Waals surface area contributed by atoms with E-state index in [0.29, 0.717) is 5.69 Å². The molecule has 2 aromatic carbocycles. The van der Waals surface area contributed by atoms with Crippen molar-refractivity contribution in [3.05, 3.63) is 69.9 Å². The standard InChI is InChI=1S/C16H8F2N4O3/c17-11-2-1-3-12(18)14(11)16-21-13(8-19)15(25-16)20-9-4-6-10(7-5-9)22(23)24/h1-7,20H. The van der Waals surface area contributed by atoms with E-state index in [1.807, 2.05) is 0 Å². The van der Waals surface area contributed by atoms with Crippen molar-refractivity contribution < 1.29 is 18.1 Å². The molecule has 0 saturated carbocycles. The van der Waals surface area contributed by atoms with Gasteiger partial charge in [-0.05, 0) is 24.3 Å². The van der Waals surface area contributed by atoms with E-state index in [0.717, 1.165) is 12.1 Å². The summed E-state index contributed by atoms with van der Waals surface area (Å²) in [5.74, 6) is -2.29. The highest BCUT2D eigenvalue weighted by Gasteiger charge is 2.20. The molecule has 0 saturated heterocycles. The molecule has 1 N–H and O–H groups in total. The van der Waals surface area contributed by atoms with E-state index >= 15 is 0 Å². The number of aromatic nitrogens is 1. The van der Waals surface area contributed by atoms with Crippen LogP contribution in [0.3, 0.4) is 0 Å². The smallest absolute Gasteiger partial charge is 0.269 e. The number of hydrogen-bond donors (Lipinski definition) is 1. The first-order valence-electron chi connectivity index (χ1n) is 6.86. The maximum absolute atomic E-state index is 13.8. The fourth-order valence-corrected chi connectivity index (χ4v) is 2.09. The fraction of sp³-hybridized carbons (Fsp3) is 0. The van der Waals surface area contributed by atoms with Gasteiger partial charge in [0.1, 0.15) is 23.3 Å². The van der Waals surface area contributed by atoms with Crippen molar-refractivity contribution in [2.24, 2.45) is 0 Å². The summed E-state index contributed by atoms with van der Waals surface area (Å²) in [6, 6.07) is 10.3. The third-order valence-corrected chi connectivity index (χ3v) is 3.25. The molecule has 124 valence electrons. The highest BCUT2D eigenvalue weighted by Crippen LogP contribution is 2.31. The molecule has 3 rings (SSSR count). The molecule has 7 nitrogen and oxygen atoms in total. The van der Waals surface area contributed by atoms with Gasteiger partial charge in [0.05, 0.1) is 4.92 Å². The molecular formula is C16H8F2N4O3. The monoisotopic (exact) mass is 342 g/mol. The highest BCUT2D eigenvalue weighted by molar-refractivity contribution is 5.65. The topological polar surface area (TPSA) is 105 Å². The zero-order chi connectivity index (χ0) is 18.0. The van der Waals surface area contributed by atoms with Gasteiger partial charge in [0.25, 0.3) is 5.69 Å². The van der Waals surface area contributed by atoms with Crippen LogP contribution < -0.4 is 5.32 Å². The minimum absolute atomic E-state index is 0.113. The Balaban J connectivity index is 1.96. The first kappa shape index (κ1) is 16.1. The van der Waals surface area contributed by atoms with Gasteiger partial charge in [-0.2, -0.15) is 10.2 Å². The quantitative estimate of drug-likeness (QED) is 0.564. The van der Waals surface area contributed by atoms with Crippen molar-refractivity contribution in [3.63, 3.8) is 0 Å². The van der Waals surface area contributed by atoms with Gasteiger partial charge in [-0.15, -0.1) is 0 Å². The molecule has 0 fully saturated rings. The Labute approximate surface area is 139 Å². The Morgan fingerprint density at radius 1 is 1.16 bits per heavy atom. The number of nitrogens with one attached hydrogen (secondary N) is 1. The number of halogens is 2. The lowest BCUT2D eigenvalue weighted by atomic mass is 10.2. The summed E-state index contributed by atoms with van der Waals surface area (Å²) in [5, 5.41) is 22.5. The molecule has 25 heavy (non-hydrogen) atoms. The minimum Gasteiger partial charge on any atom is -0.419 e. The van der Waals surface area contributed by atoms with Crippen LogP contribution in [0, 0.1) is 33.1 Å². The van der Waals surface area contributed by atoms with E-state index in [2.05, 4.69) is 10.3 Å². The Hall–Kier alpha value is -3.80. The van der Waals surface area contributed by atoms with Crippen LogP contribution in [0.25, 0.3) is 11.5 Å². The molecule has 0 unspecified atom stereocenters. The van der Waals surface area contributed by atoms with Crippen LogP contribution in [0.5, 0.6) is 0 Å². The zero-order valence-electron chi connectivity index (χ0n) is 12.4. The number of nitro groups is 1. The SMILES string of the molecule is N#Cc1nc(-c2c(F)cccc2F)oc1Nc1ccc([N+](=O)[O-])cc1. The van der Waals surface area contributed by atoms with Crippen LogP contribution >= 0.6 is 0 Å². The molecule has 1 heterocycles. The van der Waals surface area contributed by atoms with Crippen LogP contribution in [0.15, 0.2) is 46.9 Å². The lowest BCUT2D eigenvalue weighted by Crippen LogP contribution is -1.92. The number of benzene rings is 2. The largest absolute Gasteiger partial charge is 0.419 e. The van der Waals surface area contributed by atoms with Gasteiger partial charge in [0, 0.05) is 17.8 Å². The van der Waals surface area contributed by atoms with Crippen molar-refractivity contribution in [1.29, 1.82) is 5.26 Å². The summed E-state index contributed by atoms with van der Waals surface area (Å²) >= 11 is 0.